The first kappa shape index (κ1) is 18.4. The summed E-state index contributed by atoms with van der Waals surface area (Å²) < 4.78 is 9.12. The molecule has 9 nitrogen and oxygen atoms in total. The number of hydrogen-bond acceptors (Lipinski definition) is 6. The number of hydrogen-bond donors (Lipinski definition) is 0. The first-order valence-corrected chi connectivity index (χ1v) is 10.1. The van der Waals surface area contributed by atoms with E-state index in [0.29, 0.717) is 26.2 Å². The number of aromatic nitrogens is 5. The molecule has 0 N–H and O–H groups in total. The van der Waals surface area contributed by atoms with Crippen molar-refractivity contribution in [3.05, 3.63) is 49.1 Å². The number of anilines is 1. The molecule has 0 spiro atoms. The van der Waals surface area contributed by atoms with Crippen molar-refractivity contribution in [3.8, 4) is 11.3 Å². The maximum absolute atomic E-state index is 12.1. The van der Waals surface area contributed by atoms with Crippen molar-refractivity contribution in [2.75, 3.05) is 31.1 Å². The highest BCUT2D eigenvalue weighted by Crippen LogP contribution is 2.26. The van der Waals surface area contributed by atoms with Gasteiger partial charge in [-0.2, -0.15) is 5.10 Å². The van der Waals surface area contributed by atoms with E-state index in [9.17, 15) is 4.79 Å². The van der Waals surface area contributed by atoms with Gasteiger partial charge in [-0.05, 0) is 32.0 Å². The molecular formula is C21H23N7O2. The molecule has 0 aromatic carbocycles. The second-order valence-corrected chi connectivity index (χ2v) is 7.59. The molecule has 1 aliphatic rings. The van der Waals surface area contributed by atoms with Crippen molar-refractivity contribution < 1.29 is 9.53 Å². The highest BCUT2D eigenvalue weighted by atomic mass is 16.6. The fourth-order valence-corrected chi connectivity index (χ4v) is 3.78. The van der Waals surface area contributed by atoms with E-state index in [-0.39, 0.29) is 12.2 Å². The predicted octanol–water partition coefficient (Wildman–Crippen LogP) is 2.71. The quantitative estimate of drug-likeness (QED) is 0.521. The molecule has 0 atom stereocenters. The molecule has 1 saturated heterocycles. The van der Waals surface area contributed by atoms with E-state index in [0.717, 1.165) is 28.4 Å². The van der Waals surface area contributed by atoms with Crippen molar-refractivity contribution in [2.24, 2.45) is 0 Å². The SMILES string of the molecule is CC(C)OC(=O)N1CCN(c2ccn3ncc(-c4cccc5nccn45)c3n2)CC1. The van der Waals surface area contributed by atoms with Gasteiger partial charge in [0.05, 0.1) is 23.6 Å². The predicted molar refractivity (Wildman–Crippen MR) is 113 cm³/mol. The van der Waals surface area contributed by atoms with Gasteiger partial charge in [-0.25, -0.2) is 19.3 Å². The van der Waals surface area contributed by atoms with Crippen LogP contribution in [-0.2, 0) is 4.74 Å². The Balaban J connectivity index is 1.42. The number of carbonyl (C=O) groups excluding carboxylic acids is 1. The summed E-state index contributed by atoms with van der Waals surface area (Å²) in [4.78, 5) is 25.3. The number of imidazole rings is 1. The normalized spacial score (nSPS) is 14.8. The Kier molecular flexibility index (Phi) is 4.50. The topological polar surface area (TPSA) is 80.3 Å². The van der Waals surface area contributed by atoms with Gasteiger partial charge >= 0.3 is 6.09 Å². The Bertz CT molecular complexity index is 1200. The molecule has 5 heterocycles. The van der Waals surface area contributed by atoms with Gasteiger partial charge in [0.2, 0.25) is 0 Å². The Hall–Kier alpha value is -3.62. The summed E-state index contributed by atoms with van der Waals surface area (Å²) in [7, 11) is 0. The Morgan fingerprint density at radius 2 is 1.93 bits per heavy atom. The van der Waals surface area contributed by atoms with Gasteiger partial charge in [-0.1, -0.05) is 6.07 Å². The summed E-state index contributed by atoms with van der Waals surface area (Å²) in [5, 5.41) is 4.47. The zero-order valence-corrected chi connectivity index (χ0v) is 17.0. The lowest BCUT2D eigenvalue weighted by Crippen LogP contribution is -2.49. The minimum absolute atomic E-state index is 0.111. The number of fused-ring (bicyclic) bond motifs is 2. The minimum atomic E-state index is -0.250. The van der Waals surface area contributed by atoms with Crippen LogP contribution in [0.1, 0.15) is 13.8 Å². The lowest BCUT2D eigenvalue weighted by Gasteiger charge is -2.35. The van der Waals surface area contributed by atoms with Crippen molar-refractivity contribution in [1.82, 2.24) is 28.9 Å². The van der Waals surface area contributed by atoms with Crippen LogP contribution in [0.4, 0.5) is 10.6 Å². The fraction of sp³-hybridized carbons (Fsp3) is 0.333. The van der Waals surface area contributed by atoms with Crippen LogP contribution in [0.3, 0.4) is 0 Å². The van der Waals surface area contributed by atoms with E-state index >= 15 is 0 Å². The lowest BCUT2D eigenvalue weighted by atomic mass is 10.2. The number of nitrogens with zero attached hydrogens (tertiary/aromatic N) is 7. The standard InChI is InChI=1S/C21H23N7O2/c1-15(2)30-21(29)26-12-10-25(11-13-26)19-6-8-28-20(24-19)16(14-23-28)17-4-3-5-18-22-7-9-27(17)18/h3-9,14-15H,10-13H2,1-2H3. The summed E-state index contributed by atoms with van der Waals surface area (Å²) in [5.74, 6) is 0.874. The van der Waals surface area contributed by atoms with Gasteiger partial charge in [0.1, 0.15) is 11.5 Å². The van der Waals surface area contributed by atoms with Crippen LogP contribution in [0, 0.1) is 0 Å². The number of ether oxygens (including phenoxy) is 1. The highest BCUT2D eigenvalue weighted by Gasteiger charge is 2.24. The molecule has 9 heteroatoms. The van der Waals surface area contributed by atoms with Crippen LogP contribution >= 0.6 is 0 Å². The zero-order chi connectivity index (χ0) is 20.7. The smallest absolute Gasteiger partial charge is 0.410 e. The second kappa shape index (κ2) is 7.33. The summed E-state index contributed by atoms with van der Waals surface area (Å²) in [6, 6.07) is 7.96. The Labute approximate surface area is 173 Å². The van der Waals surface area contributed by atoms with E-state index in [1.54, 1.807) is 15.6 Å². The van der Waals surface area contributed by atoms with Gasteiger partial charge in [0, 0.05) is 44.8 Å². The largest absolute Gasteiger partial charge is 0.447 e. The minimum Gasteiger partial charge on any atom is -0.447 e. The molecule has 0 aliphatic carbocycles. The van der Waals surface area contributed by atoms with Gasteiger partial charge in [-0.15, -0.1) is 0 Å². The molecule has 0 radical (unpaired) electrons. The average molecular weight is 405 g/mol. The van der Waals surface area contributed by atoms with Gasteiger partial charge in [0.15, 0.2) is 5.65 Å². The third-order valence-electron chi connectivity index (χ3n) is 5.26. The Morgan fingerprint density at radius 3 is 2.73 bits per heavy atom. The van der Waals surface area contributed by atoms with Crippen LogP contribution in [0.25, 0.3) is 22.6 Å². The van der Waals surface area contributed by atoms with Crippen molar-refractivity contribution in [1.29, 1.82) is 0 Å². The Morgan fingerprint density at radius 1 is 1.10 bits per heavy atom. The van der Waals surface area contributed by atoms with Crippen molar-refractivity contribution >= 4 is 23.2 Å². The zero-order valence-electron chi connectivity index (χ0n) is 17.0. The molecule has 154 valence electrons. The number of rotatable bonds is 3. The molecule has 0 unspecified atom stereocenters. The fourth-order valence-electron chi connectivity index (χ4n) is 3.78. The van der Waals surface area contributed by atoms with Gasteiger partial charge in [-0.3, -0.25) is 4.40 Å². The van der Waals surface area contributed by atoms with E-state index in [4.69, 9.17) is 9.72 Å². The van der Waals surface area contributed by atoms with Gasteiger partial charge < -0.3 is 14.5 Å². The van der Waals surface area contributed by atoms with Crippen LogP contribution < -0.4 is 4.90 Å². The molecule has 0 saturated carbocycles. The van der Waals surface area contributed by atoms with E-state index < -0.39 is 0 Å². The van der Waals surface area contributed by atoms with Crippen LogP contribution in [0.15, 0.2) is 49.1 Å². The van der Waals surface area contributed by atoms with Gasteiger partial charge in [0.25, 0.3) is 0 Å². The second-order valence-electron chi connectivity index (χ2n) is 7.59. The highest BCUT2D eigenvalue weighted by molar-refractivity contribution is 5.77. The monoisotopic (exact) mass is 405 g/mol. The van der Waals surface area contributed by atoms with E-state index in [2.05, 4.69) is 15.0 Å². The molecule has 4 aromatic heterocycles. The third-order valence-corrected chi connectivity index (χ3v) is 5.26. The summed E-state index contributed by atoms with van der Waals surface area (Å²) in [6.45, 7) is 6.35. The van der Waals surface area contributed by atoms with Crippen LogP contribution in [0.2, 0.25) is 0 Å². The maximum Gasteiger partial charge on any atom is 0.410 e. The van der Waals surface area contributed by atoms with Crippen molar-refractivity contribution in [3.63, 3.8) is 0 Å². The number of carbonyl (C=O) groups is 1. The maximum atomic E-state index is 12.1. The van der Waals surface area contributed by atoms with Crippen LogP contribution in [0.5, 0.6) is 0 Å². The third kappa shape index (κ3) is 3.22. The van der Waals surface area contributed by atoms with Crippen LogP contribution in [-0.4, -0.2) is 67.3 Å². The molecule has 5 rings (SSSR count). The first-order valence-electron chi connectivity index (χ1n) is 10.1. The molecule has 0 bridgehead atoms. The average Bonchev–Trinajstić information content (AvgIpc) is 3.39. The molecule has 4 aromatic rings. The summed E-state index contributed by atoms with van der Waals surface area (Å²) in [5.41, 5.74) is 3.60. The van der Waals surface area contributed by atoms with Crippen molar-refractivity contribution in [2.45, 2.75) is 20.0 Å². The summed E-state index contributed by atoms with van der Waals surface area (Å²) in [6.07, 6.45) is 7.12. The molecule has 1 amide bonds. The first-order chi connectivity index (χ1) is 14.6. The molecule has 1 fully saturated rings. The number of pyridine rings is 1. The lowest BCUT2D eigenvalue weighted by molar-refractivity contribution is 0.0751. The summed E-state index contributed by atoms with van der Waals surface area (Å²) >= 11 is 0. The molecule has 1 aliphatic heterocycles. The number of piperazine rings is 1. The molecule has 30 heavy (non-hydrogen) atoms. The van der Waals surface area contributed by atoms with E-state index in [1.807, 2.05) is 61.1 Å². The van der Waals surface area contributed by atoms with E-state index in [1.165, 1.54) is 0 Å². The molecular weight excluding hydrogens is 382 g/mol. The number of amides is 1.